The van der Waals surface area contributed by atoms with Crippen LogP contribution in [0, 0.1) is 11.3 Å². The van der Waals surface area contributed by atoms with Gasteiger partial charge in [0.1, 0.15) is 11.6 Å². The largest absolute Gasteiger partial charge is 0.301 e. The predicted molar refractivity (Wildman–Crippen MR) is 118 cm³/mol. The zero-order valence-electron chi connectivity index (χ0n) is 17.7. The smallest absolute Gasteiger partial charge is 0.276 e. The van der Waals surface area contributed by atoms with Crippen LogP contribution in [-0.4, -0.2) is 33.1 Å². The van der Waals surface area contributed by atoms with Gasteiger partial charge in [-0.25, -0.2) is 9.50 Å². The summed E-state index contributed by atoms with van der Waals surface area (Å²) < 4.78 is 1.37. The van der Waals surface area contributed by atoms with Crippen molar-refractivity contribution in [1.29, 1.82) is 5.26 Å². The van der Waals surface area contributed by atoms with E-state index in [0.717, 1.165) is 18.7 Å². The number of aromatic amines is 1. The second-order valence-electron chi connectivity index (χ2n) is 7.89. The average Bonchev–Trinajstić information content (AvgIpc) is 3.31. The lowest BCUT2D eigenvalue weighted by Gasteiger charge is -2.15. The summed E-state index contributed by atoms with van der Waals surface area (Å²) in [7, 11) is 2.15. The molecular formula is C22H29N5OS. The van der Waals surface area contributed by atoms with Crippen molar-refractivity contribution in [2.75, 3.05) is 13.6 Å². The molecule has 0 aliphatic heterocycles. The summed E-state index contributed by atoms with van der Waals surface area (Å²) in [6.07, 6.45) is 6.58. The summed E-state index contributed by atoms with van der Waals surface area (Å²) in [5.74, 6) is 0.0281. The molecule has 0 atom stereocenters. The van der Waals surface area contributed by atoms with Gasteiger partial charge < -0.3 is 4.90 Å². The molecule has 0 bridgehead atoms. The third-order valence-corrected chi connectivity index (χ3v) is 6.06. The zero-order valence-corrected chi connectivity index (χ0v) is 18.5. The summed E-state index contributed by atoms with van der Waals surface area (Å²) in [5.41, 5.74) is 2.94. The second-order valence-corrected chi connectivity index (χ2v) is 8.89. The van der Waals surface area contributed by atoms with Gasteiger partial charge >= 0.3 is 0 Å². The SMILES string of the molecule is CCCCCCN(C)Cc1cc(-c2nc3c(C#N)c[nH]n3c(=O)c2C(C)C)cs1. The number of H-pyrrole nitrogens is 1. The number of hydrogen-bond acceptors (Lipinski definition) is 5. The van der Waals surface area contributed by atoms with E-state index in [-0.39, 0.29) is 11.5 Å². The van der Waals surface area contributed by atoms with E-state index < -0.39 is 0 Å². The Bertz CT molecular complexity index is 1070. The monoisotopic (exact) mass is 411 g/mol. The van der Waals surface area contributed by atoms with Crippen LogP contribution in [0.3, 0.4) is 0 Å². The number of aromatic nitrogens is 3. The lowest BCUT2D eigenvalue weighted by molar-refractivity contribution is 0.320. The van der Waals surface area contributed by atoms with Gasteiger partial charge in [0.25, 0.3) is 5.56 Å². The Balaban J connectivity index is 1.90. The molecule has 29 heavy (non-hydrogen) atoms. The first-order valence-electron chi connectivity index (χ1n) is 10.3. The number of nitrogens with one attached hydrogen (secondary N) is 1. The van der Waals surface area contributed by atoms with Crippen LogP contribution in [-0.2, 0) is 6.54 Å². The van der Waals surface area contributed by atoms with Gasteiger partial charge in [-0.3, -0.25) is 9.89 Å². The summed E-state index contributed by atoms with van der Waals surface area (Å²) in [6, 6.07) is 4.24. The highest BCUT2D eigenvalue weighted by molar-refractivity contribution is 7.10. The first kappa shape index (κ1) is 21.3. The predicted octanol–water partition coefficient (Wildman–Crippen LogP) is 4.76. The Hall–Kier alpha value is -2.43. The molecule has 0 radical (unpaired) electrons. The molecule has 3 rings (SSSR count). The van der Waals surface area contributed by atoms with Gasteiger partial charge in [0.05, 0.1) is 5.69 Å². The topological polar surface area (TPSA) is 77.2 Å². The maximum absolute atomic E-state index is 13.0. The summed E-state index contributed by atoms with van der Waals surface area (Å²) in [5, 5.41) is 14.3. The molecule has 0 aromatic carbocycles. The third-order valence-electron chi connectivity index (χ3n) is 5.14. The van der Waals surface area contributed by atoms with Gasteiger partial charge in [0.2, 0.25) is 0 Å². The highest BCUT2D eigenvalue weighted by atomic mass is 32.1. The highest BCUT2D eigenvalue weighted by Crippen LogP contribution is 2.30. The van der Waals surface area contributed by atoms with E-state index in [1.54, 1.807) is 11.3 Å². The van der Waals surface area contributed by atoms with Crippen molar-refractivity contribution < 1.29 is 0 Å². The quantitative estimate of drug-likeness (QED) is 0.515. The van der Waals surface area contributed by atoms with Gasteiger partial charge in [-0.1, -0.05) is 40.0 Å². The van der Waals surface area contributed by atoms with Crippen LogP contribution < -0.4 is 5.56 Å². The number of nitrogens with zero attached hydrogens (tertiary/aromatic N) is 4. The van der Waals surface area contributed by atoms with E-state index in [1.165, 1.54) is 41.3 Å². The van der Waals surface area contributed by atoms with Crippen LogP contribution in [0.15, 0.2) is 22.4 Å². The van der Waals surface area contributed by atoms with Crippen LogP contribution in [0.5, 0.6) is 0 Å². The molecule has 0 amide bonds. The zero-order chi connectivity index (χ0) is 21.0. The molecule has 7 heteroatoms. The third kappa shape index (κ3) is 4.60. The molecule has 3 aromatic rings. The first-order valence-corrected chi connectivity index (χ1v) is 11.1. The van der Waals surface area contributed by atoms with Gasteiger partial charge in [-0.05, 0) is 32.0 Å². The van der Waals surface area contributed by atoms with Crippen molar-refractivity contribution >= 4 is 17.0 Å². The normalized spacial score (nSPS) is 11.6. The van der Waals surface area contributed by atoms with E-state index in [4.69, 9.17) is 4.98 Å². The maximum Gasteiger partial charge on any atom is 0.276 e. The van der Waals surface area contributed by atoms with Crippen molar-refractivity contribution in [2.45, 2.75) is 58.9 Å². The highest BCUT2D eigenvalue weighted by Gasteiger charge is 2.20. The summed E-state index contributed by atoms with van der Waals surface area (Å²) in [4.78, 5) is 21.4. The Morgan fingerprint density at radius 2 is 2.14 bits per heavy atom. The molecule has 0 saturated heterocycles. The fourth-order valence-corrected chi connectivity index (χ4v) is 4.54. The minimum absolute atomic E-state index is 0.0281. The Morgan fingerprint density at radius 1 is 1.34 bits per heavy atom. The lowest BCUT2D eigenvalue weighted by atomic mass is 9.99. The van der Waals surface area contributed by atoms with Gasteiger partial charge in [0.15, 0.2) is 5.65 Å². The van der Waals surface area contributed by atoms with Crippen molar-refractivity contribution in [3.8, 4) is 17.3 Å². The van der Waals surface area contributed by atoms with E-state index in [1.807, 2.05) is 13.8 Å². The van der Waals surface area contributed by atoms with Crippen LogP contribution >= 0.6 is 11.3 Å². The Labute approximate surface area is 175 Å². The van der Waals surface area contributed by atoms with Crippen molar-refractivity contribution in [1.82, 2.24) is 19.5 Å². The molecule has 0 aliphatic carbocycles. The number of rotatable bonds is 9. The minimum atomic E-state index is -0.137. The standard InChI is InChI=1S/C22H29N5OS/c1-5-6-7-8-9-26(4)13-18-10-16(14-29-18)20-19(15(2)3)22(28)27-21(25-20)17(11-23)12-24-27/h10,12,14-15,24H,5-9,13H2,1-4H3. The van der Waals surface area contributed by atoms with E-state index >= 15 is 0 Å². The van der Waals surface area contributed by atoms with Crippen molar-refractivity contribution in [3.05, 3.63) is 44.0 Å². The Morgan fingerprint density at radius 3 is 2.83 bits per heavy atom. The van der Waals surface area contributed by atoms with Crippen LogP contribution in [0.2, 0.25) is 0 Å². The summed E-state index contributed by atoms with van der Waals surface area (Å²) in [6.45, 7) is 8.21. The lowest BCUT2D eigenvalue weighted by Crippen LogP contribution is -2.22. The molecule has 0 saturated carbocycles. The molecule has 3 heterocycles. The Kier molecular flexibility index (Phi) is 6.88. The van der Waals surface area contributed by atoms with E-state index in [2.05, 4.69) is 41.5 Å². The van der Waals surface area contributed by atoms with Crippen LogP contribution in [0.1, 0.15) is 68.4 Å². The van der Waals surface area contributed by atoms with Crippen molar-refractivity contribution in [2.24, 2.45) is 0 Å². The number of thiophene rings is 1. The molecular weight excluding hydrogens is 382 g/mol. The molecule has 0 aliphatic rings. The van der Waals surface area contributed by atoms with E-state index in [0.29, 0.717) is 22.5 Å². The minimum Gasteiger partial charge on any atom is -0.301 e. The molecule has 0 fully saturated rings. The first-order chi connectivity index (χ1) is 14.0. The maximum atomic E-state index is 13.0. The van der Waals surface area contributed by atoms with Gasteiger partial charge in [-0.15, -0.1) is 11.3 Å². The molecule has 1 N–H and O–H groups in total. The molecule has 3 aromatic heterocycles. The van der Waals surface area contributed by atoms with Gasteiger partial charge in [-0.2, -0.15) is 5.26 Å². The summed E-state index contributed by atoms with van der Waals surface area (Å²) >= 11 is 1.70. The number of unbranched alkanes of at least 4 members (excludes halogenated alkanes) is 3. The fourth-order valence-electron chi connectivity index (χ4n) is 3.59. The number of nitriles is 1. The molecule has 0 spiro atoms. The van der Waals surface area contributed by atoms with Crippen molar-refractivity contribution in [3.63, 3.8) is 0 Å². The van der Waals surface area contributed by atoms with Crippen LogP contribution in [0.25, 0.3) is 16.9 Å². The molecule has 0 unspecified atom stereocenters. The fraction of sp³-hybridized carbons (Fsp3) is 0.500. The average molecular weight is 412 g/mol. The number of fused-ring (bicyclic) bond motifs is 1. The second kappa shape index (κ2) is 9.38. The molecule has 6 nitrogen and oxygen atoms in total. The van der Waals surface area contributed by atoms with E-state index in [9.17, 15) is 10.1 Å². The van der Waals surface area contributed by atoms with Gasteiger partial charge in [0, 0.05) is 34.1 Å². The number of hydrogen-bond donors (Lipinski definition) is 1. The molecule has 154 valence electrons. The van der Waals surface area contributed by atoms with Crippen LogP contribution in [0.4, 0.5) is 0 Å².